The number of rotatable bonds is 6. The van der Waals surface area contributed by atoms with E-state index in [0.29, 0.717) is 12.5 Å². The summed E-state index contributed by atoms with van der Waals surface area (Å²) in [7, 11) is 3.60. The summed E-state index contributed by atoms with van der Waals surface area (Å²) in [6.45, 7) is 3.79. The molecule has 3 heteroatoms. The normalized spacial score (nSPS) is 12.2. The van der Waals surface area contributed by atoms with Gasteiger partial charge < -0.3 is 14.8 Å². The van der Waals surface area contributed by atoms with E-state index in [-0.39, 0.29) is 0 Å². The molecule has 0 saturated carbocycles. The highest BCUT2D eigenvalue weighted by atomic mass is 16.5. The van der Waals surface area contributed by atoms with Crippen LogP contribution in [0.15, 0.2) is 24.3 Å². The minimum absolute atomic E-state index is 0.486. The largest absolute Gasteiger partial charge is 0.493 e. The van der Waals surface area contributed by atoms with Crippen LogP contribution in [0.2, 0.25) is 0 Å². The molecule has 1 unspecified atom stereocenters. The average Bonchev–Trinajstić information content (AvgIpc) is 2.27. The lowest BCUT2D eigenvalue weighted by Gasteiger charge is -2.14. The highest BCUT2D eigenvalue weighted by Gasteiger charge is 2.05. The van der Waals surface area contributed by atoms with Crippen molar-refractivity contribution in [2.24, 2.45) is 5.92 Å². The van der Waals surface area contributed by atoms with Gasteiger partial charge in [0.05, 0.1) is 13.7 Å². The highest BCUT2D eigenvalue weighted by molar-refractivity contribution is 5.39. The second-order valence-electron chi connectivity index (χ2n) is 3.62. The number of methoxy groups -OCH3 is 1. The molecule has 0 bridgehead atoms. The molecule has 1 aromatic carbocycles. The van der Waals surface area contributed by atoms with Crippen molar-refractivity contribution in [1.29, 1.82) is 0 Å². The molecule has 0 saturated heterocycles. The summed E-state index contributed by atoms with van der Waals surface area (Å²) in [5.41, 5.74) is 0. The molecule has 1 atom stereocenters. The van der Waals surface area contributed by atoms with E-state index in [1.165, 1.54) is 0 Å². The van der Waals surface area contributed by atoms with E-state index in [1.807, 2.05) is 31.3 Å². The predicted octanol–water partition coefficient (Wildman–Crippen LogP) is 1.93. The summed E-state index contributed by atoms with van der Waals surface area (Å²) in [5, 5.41) is 3.12. The van der Waals surface area contributed by atoms with Gasteiger partial charge in [0.2, 0.25) is 0 Å². The fraction of sp³-hybridized carbons (Fsp3) is 0.500. The third kappa shape index (κ3) is 3.80. The van der Waals surface area contributed by atoms with Gasteiger partial charge >= 0.3 is 0 Å². The van der Waals surface area contributed by atoms with Gasteiger partial charge in [-0.15, -0.1) is 0 Å². The van der Waals surface area contributed by atoms with E-state index >= 15 is 0 Å². The van der Waals surface area contributed by atoms with Crippen LogP contribution < -0.4 is 14.8 Å². The molecule has 1 N–H and O–H groups in total. The lowest BCUT2D eigenvalue weighted by atomic mass is 10.2. The van der Waals surface area contributed by atoms with Gasteiger partial charge in [-0.25, -0.2) is 0 Å². The number of nitrogens with one attached hydrogen (secondary N) is 1. The molecule has 0 aliphatic rings. The van der Waals surface area contributed by atoms with Crippen molar-refractivity contribution < 1.29 is 9.47 Å². The topological polar surface area (TPSA) is 30.5 Å². The Morgan fingerprint density at radius 1 is 1.27 bits per heavy atom. The van der Waals surface area contributed by atoms with Gasteiger partial charge in [0.15, 0.2) is 11.5 Å². The van der Waals surface area contributed by atoms with Crippen LogP contribution in [0.1, 0.15) is 6.92 Å². The summed E-state index contributed by atoms with van der Waals surface area (Å²) in [5.74, 6) is 2.08. The van der Waals surface area contributed by atoms with Crippen LogP contribution in [0, 0.1) is 5.92 Å². The van der Waals surface area contributed by atoms with E-state index in [2.05, 4.69) is 12.2 Å². The minimum Gasteiger partial charge on any atom is -0.493 e. The van der Waals surface area contributed by atoms with Crippen LogP contribution in [-0.2, 0) is 0 Å². The molecule has 1 rings (SSSR count). The van der Waals surface area contributed by atoms with Gasteiger partial charge in [-0.1, -0.05) is 19.1 Å². The first-order valence-corrected chi connectivity index (χ1v) is 5.18. The maximum atomic E-state index is 5.68. The molecule has 0 aromatic heterocycles. The number of ether oxygens (including phenoxy) is 2. The smallest absolute Gasteiger partial charge is 0.161 e. The number of benzene rings is 1. The second-order valence-corrected chi connectivity index (χ2v) is 3.62. The van der Waals surface area contributed by atoms with Crippen molar-refractivity contribution in [3.8, 4) is 11.5 Å². The van der Waals surface area contributed by atoms with Crippen molar-refractivity contribution in [3.63, 3.8) is 0 Å². The molecule has 0 fully saturated rings. The number of hydrogen-bond donors (Lipinski definition) is 1. The summed E-state index contributed by atoms with van der Waals surface area (Å²) in [4.78, 5) is 0. The molecule has 0 radical (unpaired) electrons. The Morgan fingerprint density at radius 2 is 1.93 bits per heavy atom. The number of para-hydroxylation sites is 2. The Bertz CT molecular complexity index is 289. The standard InChI is InChI=1S/C12H19NO2/c1-10(8-13-2)9-15-12-7-5-4-6-11(12)14-3/h4-7,10,13H,8-9H2,1-3H3. The maximum Gasteiger partial charge on any atom is 0.161 e. The first-order valence-electron chi connectivity index (χ1n) is 5.18. The molecular formula is C12H19NO2. The summed E-state index contributed by atoms with van der Waals surface area (Å²) >= 11 is 0. The van der Waals surface area contributed by atoms with E-state index in [4.69, 9.17) is 9.47 Å². The summed E-state index contributed by atoms with van der Waals surface area (Å²) < 4.78 is 10.9. The van der Waals surface area contributed by atoms with Crippen molar-refractivity contribution in [3.05, 3.63) is 24.3 Å². The van der Waals surface area contributed by atoms with E-state index in [9.17, 15) is 0 Å². The first kappa shape index (κ1) is 11.9. The van der Waals surface area contributed by atoms with Crippen molar-refractivity contribution in [2.45, 2.75) is 6.92 Å². The maximum absolute atomic E-state index is 5.68. The molecule has 15 heavy (non-hydrogen) atoms. The van der Waals surface area contributed by atoms with E-state index in [0.717, 1.165) is 18.0 Å². The van der Waals surface area contributed by atoms with Gasteiger partial charge in [-0.3, -0.25) is 0 Å². The van der Waals surface area contributed by atoms with Gasteiger partial charge in [-0.2, -0.15) is 0 Å². The minimum atomic E-state index is 0.486. The molecule has 0 aliphatic heterocycles. The van der Waals surface area contributed by atoms with Gasteiger partial charge in [0, 0.05) is 12.5 Å². The molecule has 0 spiro atoms. The van der Waals surface area contributed by atoms with Crippen LogP contribution in [-0.4, -0.2) is 27.3 Å². The fourth-order valence-corrected chi connectivity index (χ4v) is 1.38. The Kier molecular flexibility index (Phi) is 4.98. The molecule has 0 aliphatic carbocycles. The fourth-order valence-electron chi connectivity index (χ4n) is 1.38. The highest BCUT2D eigenvalue weighted by Crippen LogP contribution is 2.25. The molecule has 84 valence electrons. The number of hydrogen-bond acceptors (Lipinski definition) is 3. The van der Waals surface area contributed by atoms with Gasteiger partial charge in [0.1, 0.15) is 0 Å². The van der Waals surface area contributed by atoms with Crippen LogP contribution in [0.3, 0.4) is 0 Å². The zero-order valence-corrected chi connectivity index (χ0v) is 9.62. The molecule has 3 nitrogen and oxygen atoms in total. The monoisotopic (exact) mass is 209 g/mol. The molecular weight excluding hydrogens is 190 g/mol. The Balaban J connectivity index is 2.49. The average molecular weight is 209 g/mol. The van der Waals surface area contributed by atoms with Gasteiger partial charge in [0.25, 0.3) is 0 Å². The van der Waals surface area contributed by atoms with Gasteiger partial charge in [-0.05, 0) is 19.2 Å². The lowest BCUT2D eigenvalue weighted by molar-refractivity contribution is 0.246. The summed E-state index contributed by atoms with van der Waals surface area (Å²) in [6.07, 6.45) is 0. The van der Waals surface area contributed by atoms with E-state index in [1.54, 1.807) is 7.11 Å². The van der Waals surface area contributed by atoms with Crippen LogP contribution >= 0.6 is 0 Å². The van der Waals surface area contributed by atoms with Crippen LogP contribution in [0.25, 0.3) is 0 Å². The lowest BCUT2D eigenvalue weighted by Crippen LogP contribution is -2.21. The predicted molar refractivity (Wildman–Crippen MR) is 61.6 cm³/mol. The van der Waals surface area contributed by atoms with Crippen molar-refractivity contribution in [1.82, 2.24) is 5.32 Å². The van der Waals surface area contributed by atoms with Crippen molar-refractivity contribution in [2.75, 3.05) is 27.3 Å². The van der Waals surface area contributed by atoms with Crippen molar-refractivity contribution >= 4 is 0 Å². The van der Waals surface area contributed by atoms with Crippen LogP contribution in [0.4, 0.5) is 0 Å². The van der Waals surface area contributed by atoms with Crippen LogP contribution in [0.5, 0.6) is 11.5 Å². The SMILES string of the molecule is CNCC(C)COc1ccccc1OC. The molecule has 0 heterocycles. The quantitative estimate of drug-likeness (QED) is 0.776. The zero-order chi connectivity index (χ0) is 11.1. The third-order valence-corrected chi connectivity index (χ3v) is 2.15. The Morgan fingerprint density at radius 3 is 2.53 bits per heavy atom. The Labute approximate surface area is 91.4 Å². The first-order chi connectivity index (χ1) is 7.27. The van der Waals surface area contributed by atoms with E-state index < -0.39 is 0 Å². The Hall–Kier alpha value is -1.22. The molecule has 0 amide bonds. The summed E-state index contributed by atoms with van der Waals surface area (Å²) in [6, 6.07) is 7.70. The molecule has 1 aromatic rings. The second kappa shape index (κ2) is 6.30. The third-order valence-electron chi connectivity index (χ3n) is 2.15. The zero-order valence-electron chi connectivity index (χ0n) is 9.62.